The van der Waals surface area contributed by atoms with Gasteiger partial charge in [-0.3, -0.25) is 4.79 Å². The minimum atomic E-state index is -0.261. The van der Waals surface area contributed by atoms with E-state index in [0.717, 1.165) is 22.4 Å². The van der Waals surface area contributed by atoms with Crippen LogP contribution in [0.1, 0.15) is 26.6 Å². The summed E-state index contributed by atoms with van der Waals surface area (Å²) in [5.41, 5.74) is 2.32. The number of carbonyl (C=O) groups is 1. The molecule has 0 unspecified atom stereocenters. The lowest BCUT2D eigenvalue weighted by atomic mass is 10.1. The number of nitrogens with one attached hydrogen (secondary N) is 1. The number of carbonyl (C=O) groups excluding carboxylic acids is 1. The van der Waals surface area contributed by atoms with Gasteiger partial charge in [-0.25, -0.2) is 4.98 Å². The lowest BCUT2D eigenvalue weighted by molar-refractivity contribution is 0.102. The maximum atomic E-state index is 12.7. The lowest BCUT2D eigenvalue weighted by Gasteiger charge is -2.12. The van der Waals surface area contributed by atoms with E-state index in [9.17, 15) is 4.79 Å². The number of anilines is 1. The summed E-state index contributed by atoms with van der Waals surface area (Å²) in [5, 5.41) is 7.50. The van der Waals surface area contributed by atoms with Crippen LogP contribution in [-0.4, -0.2) is 34.7 Å². The predicted octanol–water partition coefficient (Wildman–Crippen LogP) is 2.84. The fraction of sp³-hybridized carbons (Fsp3) is 0.294. The Morgan fingerprint density at radius 2 is 2.31 bits per heavy atom. The molecular formula is C17H16N4O4S. The van der Waals surface area contributed by atoms with Crippen molar-refractivity contribution in [3.05, 3.63) is 40.2 Å². The van der Waals surface area contributed by atoms with Gasteiger partial charge in [0.2, 0.25) is 5.88 Å². The highest BCUT2D eigenvalue weighted by Crippen LogP contribution is 2.42. The average Bonchev–Trinajstić information content (AvgIpc) is 3.24. The Kier molecular flexibility index (Phi) is 4.39. The summed E-state index contributed by atoms with van der Waals surface area (Å²) in [5.74, 6) is 1.07. The number of fused-ring (bicyclic) bond motifs is 1. The lowest BCUT2D eigenvalue weighted by Crippen LogP contribution is -2.12. The second kappa shape index (κ2) is 6.85. The molecule has 3 aromatic heterocycles. The molecule has 4 rings (SSSR count). The summed E-state index contributed by atoms with van der Waals surface area (Å²) in [6.07, 6.45) is 2.27. The molecule has 134 valence electrons. The number of hydrogen-bond donors (Lipinski definition) is 1. The molecule has 1 aliphatic heterocycles. The number of pyridine rings is 1. The zero-order valence-corrected chi connectivity index (χ0v) is 15.1. The fourth-order valence-electron chi connectivity index (χ4n) is 2.78. The van der Waals surface area contributed by atoms with Crippen molar-refractivity contribution in [1.82, 2.24) is 15.1 Å². The first-order chi connectivity index (χ1) is 12.7. The summed E-state index contributed by atoms with van der Waals surface area (Å²) < 4.78 is 16.0. The van der Waals surface area contributed by atoms with Crippen LogP contribution < -0.4 is 10.1 Å². The maximum Gasteiger partial charge on any atom is 0.261 e. The highest BCUT2D eigenvalue weighted by Gasteiger charge is 2.27. The van der Waals surface area contributed by atoms with Crippen LogP contribution in [0.4, 0.5) is 5.00 Å². The first kappa shape index (κ1) is 16.7. The molecule has 0 bridgehead atoms. The molecule has 4 heterocycles. The third-order valence-corrected chi connectivity index (χ3v) is 5.12. The number of rotatable bonds is 4. The van der Waals surface area contributed by atoms with Crippen LogP contribution in [0.3, 0.4) is 0 Å². The van der Waals surface area contributed by atoms with Crippen molar-refractivity contribution in [2.75, 3.05) is 19.0 Å². The molecule has 0 radical (unpaired) electrons. The zero-order chi connectivity index (χ0) is 18.1. The topological polar surface area (TPSA) is 99.4 Å². The molecule has 1 amide bonds. The number of thiophene rings is 1. The average molecular weight is 372 g/mol. The van der Waals surface area contributed by atoms with Crippen molar-refractivity contribution in [3.63, 3.8) is 0 Å². The second-order valence-electron chi connectivity index (χ2n) is 5.70. The Morgan fingerprint density at radius 3 is 3.08 bits per heavy atom. The van der Waals surface area contributed by atoms with Gasteiger partial charge in [0.25, 0.3) is 11.8 Å². The molecule has 0 spiro atoms. The Morgan fingerprint density at radius 1 is 1.42 bits per heavy atom. The predicted molar refractivity (Wildman–Crippen MR) is 94.5 cm³/mol. The van der Waals surface area contributed by atoms with Gasteiger partial charge in [-0.2, -0.15) is 4.98 Å². The minimum Gasteiger partial charge on any atom is -0.481 e. The normalized spacial score (nSPS) is 13.3. The zero-order valence-electron chi connectivity index (χ0n) is 14.2. The number of methoxy groups -OCH3 is 1. The van der Waals surface area contributed by atoms with E-state index in [4.69, 9.17) is 14.0 Å². The Balaban J connectivity index is 1.71. The molecule has 0 aromatic carbocycles. The van der Waals surface area contributed by atoms with Gasteiger partial charge in [0.15, 0.2) is 5.82 Å². The number of nitrogens with zero attached hydrogens (tertiary/aromatic N) is 3. The largest absolute Gasteiger partial charge is 0.481 e. The van der Waals surface area contributed by atoms with Crippen LogP contribution in [0.15, 0.2) is 22.9 Å². The van der Waals surface area contributed by atoms with Gasteiger partial charge in [0.1, 0.15) is 5.00 Å². The first-order valence-electron chi connectivity index (χ1n) is 8.00. The van der Waals surface area contributed by atoms with Crippen molar-refractivity contribution in [3.8, 4) is 17.3 Å². The van der Waals surface area contributed by atoms with Gasteiger partial charge in [-0.15, -0.1) is 11.3 Å². The van der Waals surface area contributed by atoms with Gasteiger partial charge in [-0.05, 0) is 25.0 Å². The van der Waals surface area contributed by atoms with Gasteiger partial charge in [0.05, 0.1) is 25.9 Å². The van der Waals surface area contributed by atoms with E-state index in [1.54, 1.807) is 19.1 Å². The molecule has 0 aliphatic carbocycles. The summed E-state index contributed by atoms with van der Waals surface area (Å²) in [7, 11) is 1.51. The second-order valence-corrected chi connectivity index (χ2v) is 6.80. The van der Waals surface area contributed by atoms with Gasteiger partial charge in [0, 0.05) is 22.7 Å². The van der Waals surface area contributed by atoms with Crippen molar-refractivity contribution in [2.45, 2.75) is 20.0 Å². The molecular weight excluding hydrogens is 356 g/mol. The van der Waals surface area contributed by atoms with Crippen LogP contribution in [0.25, 0.3) is 11.5 Å². The molecule has 3 aromatic rings. The third-order valence-electron chi connectivity index (χ3n) is 3.99. The Bertz CT molecular complexity index is 966. The molecule has 1 N–H and O–H groups in total. The molecule has 1 aliphatic rings. The number of aromatic nitrogens is 3. The number of hydrogen-bond acceptors (Lipinski definition) is 8. The van der Waals surface area contributed by atoms with Gasteiger partial charge in [-0.1, -0.05) is 5.16 Å². The van der Waals surface area contributed by atoms with Crippen LogP contribution in [0, 0.1) is 6.92 Å². The van der Waals surface area contributed by atoms with E-state index in [1.807, 2.05) is 0 Å². The maximum absolute atomic E-state index is 12.7. The monoisotopic (exact) mass is 372 g/mol. The summed E-state index contributed by atoms with van der Waals surface area (Å²) >= 11 is 1.47. The SMILES string of the molecule is COc1cc(C(=O)Nc2sc3c(c2-c2nc(C)no2)CCOC3)ccn1. The molecule has 0 fully saturated rings. The van der Waals surface area contributed by atoms with E-state index in [2.05, 4.69) is 20.4 Å². The van der Waals surface area contributed by atoms with E-state index in [-0.39, 0.29) is 5.91 Å². The fourth-order valence-corrected chi connectivity index (χ4v) is 3.96. The molecule has 9 heteroatoms. The standard InChI is InChI=1S/C17H16N4O4S/c1-9-19-16(25-21-9)14-11-4-6-24-8-12(11)26-17(14)20-15(22)10-3-5-18-13(7-10)23-2/h3,5,7H,4,6,8H2,1-2H3,(H,20,22). The van der Waals surface area contributed by atoms with Crippen molar-refractivity contribution < 1.29 is 18.8 Å². The molecule has 26 heavy (non-hydrogen) atoms. The van der Waals surface area contributed by atoms with E-state index >= 15 is 0 Å². The van der Waals surface area contributed by atoms with E-state index in [1.165, 1.54) is 24.6 Å². The van der Waals surface area contributed by atoms with Gasteiger partial charge < -0.3 is 19.3 Å². The number of aryl methyl sites for hydroxylation is 1. The molecule has 0 atom stereocenters. The summed E-state index contributed by atoms with van der Waals surface area (Å²) in [4.78, 5) is 22.1. The van der Waals surface area contributed by atoms with Gasteiger partial charge >= 0.3 is 0 Å². The molecule has 0 saturated heterocycles. The van der Waals surface area contributed by atoms with Crippen LogP contribution in [0.2, 0.25) is 0 Å². The van der Waals surface area contributed by atoms with E-state index < -0.39 is 0 Å². The molecule has 0 saturated carbocycles. The van der Waals surface area contributed by atoms with Crippen molar-refractivity contribution in [1.29, 1.82) is 0 Å². The number of ether oxygens (including phenoxy) is 2. The minimum absolute atomic E-state index is 0.261. The van der Waals surface area contributed by atoms with E-state index in [0.29, 0.717) is 41.4 Å². The quantitative estimate of drug-likeness (QED) is 0.752. The van der Waals surface area contributed by atoms with Crippen LogP contribution in [-0.2, 0) is 17.8 Å². The Hall–Kier alpha value is -2.78. The third kappa shape index (κ3) is 3.06. The first-order valence-corrected chi connectivity index (χ1v) is 8.81. The summed E-state index contributed by atoms with van der Waals surface area (Å²) in [6.45, 7) is 2.90. The summed E-state index contributed by atoms with van der Waals surface area (Å²) in [6, 6.07) is 3.22. The van der Waals surface area contributed by atoms with Crippen LogP contribution in [0.5, 0.6) is 5.88 Å². The number of amides is 1. The highest BCUT2D eigenvalue weighted by molar-refractivity contribution is 7.17. The highest BCUT2D eigenvalue weighted by atomic mass is 32.1. The molecule has 8 nitrogen and oxygen atoms in total. The smallest absolute Gasteiger partial charge is 0.261 e. The van der Waals surface area contributed by atoms with Crippen molar-refractivity contribution in [2.24, 2.45) is 0 Å². The van der Waals surface area contributed by atoms with Crippen LogP contribution >= 0.6 is 11.3 Å². The van der Waals surface area contributed by atoms with Crippen molar-refractivity contribution >= 4 is 22.2 Å². The Labute approximate surface area is 153 Å².